The van der Waals surface area contributed by atoms with E-state index in [-0.39, 0.29) is 12.1 Å². The minimum atomic E-state index is -0.553. The predicted octanol–water partition coefficient (Wildman–Crippen LogP) is 3.07. The molecule has 2 heterocycles. The summed E-state index contributed by atoms with van der Waals surface area (Å²) in [6, 6.07) is 3.84. The van der Waals surface area contributed by atoms with Gasteiger partial charge in [0.05, 0.1) is 21.9 Å². The highest BCUT2D eigenvalue weighted by molar-refractivity contribution is 9.10. The maximum atomic E-state index is 11.8. The van der Waals surface area contributed by atoms with Crippen LogP contribution in [0.25, 0.3) is 0 Å². The van der Waals surface area contributed by atoms with E-state index in [0.717, 1.165) is 36.9 Å². The number of carbonyl (C=O) groups is 1. The SMILES string of the molecule is Cc1cncc(Nc2nc(NC3CCCCC3N)c(Br)cc2C(N)=O)c1. The van der Waals surface area contributed by atoms with Crippen molar-refractivity contribution in [3.8, 4) is 0 Å². The number of aromatic nitrogens is 2. The molecule has 0 bridgehead atoms. The number of nitrogens with one attached hydrogen (secondary N) is 2. The number of hydrogen-bond acceptors (Lipinski definition) is 6. The lowest BCUT2D eigenvalue weighted by Gasteiger charge is -2.30. The van der Waals surface area contributed by atoms with Crippen molar-refractivity contribution in [2.75, 3.05) is 10.6 Å². The van der Waals surface area contributed by atoms with Crippen LogP contribution in [0.2, 0.25) is 0 Å². The van der Waals surface area contributed by atoms with Crippen LogP contribution in [-0.4, -0.2) is 28.0 Å². The lowest BCUT2D eigenvalue weighted by molar-refractivity contribution is 0.100. The highest BCUT2D eigenvalue weighted by atomic mass is 79.9. The van der Waals surface area contributed by atoms with E-state index in [1.54, 1.807) is 18.5 Å². The van der Waals surface area contributed by atoms with Crippen molar-refractivity contribution in [3.63, 3.8) is 0 Å². The average molecular weight is 419 g/mol. The molecule has 2 atom stereocenters. The topological polar surface area (TPSA) is 119 Å². The summed E-state index contributed by atoms with van der Waals surface area (Å²) < 4.78 is 0.678. The number of carbonyl (C=O) groups excluding carboxylic acids is 1. The van der Waals surface area contributed by atoms with E-state index >= 15 is 0 Å². The largest absolute Gasteiger partial charge is 0.365 e. The number of amides is 1. The fraction of sp³-hybridized carbons (Fsp3) is 0.389. The Morgan fingerprint density at radius 3 is 2.69 bits per heavy atom. The number of halogens is 1. The smallest absolute Gasteiger partial charge is 0.252 e. The maximum Gasteiger partial charge on any atom is 0.252 e. The molecule has 26 heavy (non-hydrogen) atoms. The minimum Gasteiger partial charge on any atom is -0.365 e. The molecule has 6 N–H and O–H groups in total. The van der Waals surface area contributed by atoms with E-state index in [1.807, 2.05) is 13.0 Å². The number of pyridine rings is 2. The highest BCUT2D eigenvalue weighted by Gasteiger charge is 2.24. The normalized spacial score (nSPS) is 19.8. The van der Waals surface area contributed by atoms with Gasteiger partial charge in [0.1, 0.15) is 11.6 Å². The predicted molar refractivity (Wildman–Crippen MR) is 107 cm³/mol. The quantitative estimate of drug-likeness (QED) is 0.592. The summed E-state index contributed by atoms with van der Waals surface area (Å²) in [7, 11) is 0. The first-order chi connectivity index (χ1) is 12.4. The van der Waals surface area contributed by atoms with Gasteiger partial charge in [-0.3, -0.25) is 9.78 Å². The van der Waals surface area contributed by atoms with Gasteiger partial charge in [-0.1, -0.05) is 12.8 Å². The van der Waals surface area contributed by atoms with Crippen molar-refractivity contribution in [3.05, 3.63) is 40.1 Å². The second-order valence-corrected chi connectivity index (χ2v) is 7.51. The number of hydrogen-bond donors (Lipinski definition) is 4. The lowest BCUT2D eigenvalue weighted by Crippen LogP contribution is -2.42. The van der Waals surface area contributed by atoms with Gasteiger partial charge < -0.3 is 22.1 Å². The molecule has 2 aromatic heterocycles. The molecule has 1 aliphatic carbocycles. The fourth-order valence-corrected chi connectivity index (χ4v) is 3.58. The molecule has 1 saturated carbocycles. The van der Waals surface area contributed by atoms with Crippen LogP contribution in [0, 0.1) is 6.92 Å². The molecule has 0 aliphatic heterocycles. The number of anilines is 3. The Morgan fingerprint density at radius 2 is 2.00 bits per heavy atom. The molecule has 3 rings (SSSR count). The molecule has 2 aromatic rings. The van der Waals surface area contributed by atoms with Crippen LogP contribution in [0.4, 0.5) is 17.3 Å². The standard InChI is InChI=1S/C18H23BrN6O/c1-10-6-11(9-22-8-10)23-17-12(16(21)26)7-13(19)18(25-17)24-15-5-3-2-4-14(15)20/h6-9,14-15H,2-5,20H2,1H3,(H2,21,26)(H2,23,24,25). The Balaban J connectivity index is 1.92. The number of primary amides is 1. The van der Waals surface area contributed by atoms with Crippen molar-refractivity contribution >= 4 is 39.2 Å². The second-order valence-electron chi connectivity index (χ2n) is 6.65. The average Bonchev–Trinajstić information content (AvgIpc) is 2.59. The van der Waals surface area contributed by atoms with Crippen LogP contribution in [0.3, 0.4) is 0 Å². The molecule has 2 unspecified atom stereocenters. The third-order valence-corrected chi connectivity index (χ3v) is 5.13. The van der Waals surface area contributed by atoms with Gasteiger partial charge in [-0.25, -0.2) is 4.98 Å². The monoisotopic (exact) mass is 418 g/mol. The molecule has 8 heteroatoms. The van der Waals surface area contributed by atoms with Crippen molar-refractivity contribution in [2.45, 2.75) is 44.7 Å². The molecular formula is C18H23BrN6O. The summed E-state index contributed by atoms with van der Waals surface area (Å²) >= 11 is 3.48. The van der Waals surface area contributed by atoms with Crippen molar-refractivity contribution in [1.29, 1.82) is 0 Å². The Labute approximate surface area is 161 Å². The molecule has 1 fully saturated rings. The lowest BCUT2D eigenvalue weighted by atomic mass is 9.91. The van der Waals surface area contributed by atoms with Gasteiger partial charge in [-0.2, -0.15) is 0 Å². The fourth-order valence-electron chi connectivity index (χ4n) is 3.15. The zero-order chi connectivity index (χ0) is 18.7. The van der Waals surface area contributed by atoms with Crippen LogP contribution < -0.4 is 22.1 Å². The van der Waals surface area contributed by atoms with Gasteiger partial charge in [0.2, 0.25) is 0 Å². The van der Waals surface area contributed by atoms with Crippen molar-refractivity contribution in [2.24, 2.45) is 11.5 Å². The first-order valence-electron chi connectivity index (χ1n) is 8.65. The number of nitrogens with zero attached hydrogens (tertiary/aromatic N) is 2. The minimum absolute atomic E-state index is 0.0886. The Morgan fingerprint density at radius 1 is 1.23 bits per heavy atom. The van der Waals surface area contributed by atoms with Crippen LogP contribution in [-0.2, 0) is 0 Å². The van der Waals surface area contributed by atoms with Gasteiger partial charge in [0.15, 0.2) is 0 Å². The third-order valence-electron chi connectivity index (χ3n) is 4.52. The molecule has 1 aliphatic rings. The van der Waals surface area contributed by atoms with Gasteiger partial charge in [0.25, 0.3) is 5.91 Å². The van der Waals surface area contributed by atoms with E-state index in [1.165, 1.54) is 0 Å². The summed E-state index contributed by atoms with van der Waals surface area (Å²) in [5.74, 6) is 0.475. The zero-order valence-corrected chi connectivity index (χ0v) is 16.2. The van der Waals surface area contributed by atoms with Crippen LogP contribution in [0.1, 0.15) is 41.6 Å². The summed E-state index contributed by atoms with van der Waals surface area (Å²) in [5.41, 5.74) is 13.8. The molecule has 0 spiro atoms. The van der Waals surface area contributed by atoms with Gasteiger partial charge in [-0.05, 0) is 53.4 Å². The summed E-state index contributed by atoms with van der Waals surface area (Å²) in [4.78, 5) is 20.6. The summed E-state index contributed by atoms with van der Waals surface area (Å²) in [6.45, 7) is 1.94. The molecule has 7 nitrogen and oxygen atoms in total. The van der Waals surface area contributed by atoms with Crippen molar-refractivity contribution < 1.29 is 4.79 Å². The third kappa shape index (κ3) is 4.31. The van der Waals surface area contributed by atoms with Gasteiger partial charge in [0, 0.05) is 18.3 Å². The van der Waals surface area contributed by atoms with Crippen LogP contribution >= 0.6 is 15.9 Å². The van der Waals surface area contributed by atoms with E-state index in [0.29, 0.717) is 21.7 Å². The molecule has 138 valence electrons. The maximum absolute atomic E-state index is 11.8. The second kappa shape index (κ2) is 8.01. The molecule has 0 saturated heterocycles. The first kappa shape index (κ1) is 18.6. The van der Waals surface area contributed by atoms with Gasteiger partial charge in [-0.15, -0.1) is 0 Å². The first-order valence-corrected chi connectivity index (χ1v) is 9.44. The summed E-state index contributed by atoms with van der Waals surface area (Å²) in [6.07, 6.45) is 7.72. The molecule has 1 amide bonds. The molecule has 0 radical (unpaired) electrons. The van der Waals surface area contributed by atoms with Crippen LogP contribution in [0.15, 0.2) is 29.0 Å². The Bertz CT molecular complexity index is 812. The number of nitrogens with two attached hydrogens (primary N) is 2. The Hall–Kier alpha value is -2.19. The zero-order valence-electron chi connectivity index (χ0n) is 14.6. The van der Waals surface area contributed by atoms with Gasteiger partial charge >= 0.3 is 0 Å². The summed E-state index contributed by atoms with van der Waals surface area (Å²) in [5, 5.41) is 6.56. The van der Waals surface area contributed by atoms with E-state index in [9.17, 15) is 4.79 Å². The molecule has 0 aromatic carbocycles. The van der Waals surface area contributed by atoms with E-state index < -0.39 is 5.91 Å². The number of rotatable bonds is 5. The van der Waals surface area contributed by atoms with Crippen molar-refractivity contribution in [1.82, 2.24) is 9.97 Å². The van der Waals surface area contributed by atoms with Crippen LogP contribution in [0.5, 0.6) is 0 Å². The van der Waals surface area contributed by atoms with E-state index in [4.69, 9.17) is 11.5 Å². The Kier molecular flexibility index (Phi) is 5.73. The highest BCUT2D eigenvalue weighted by Crippen LogP contribution is 2.30. The van der Waals surface area contributed by atoms with E-state index in [2.05, 4.69) is 36.5 Å². The molecular weight excluding hydrogens is 396 g/mol. The number of aryl methyl sites for hydroxylation is 1.